The van der Waals surface area contributed by atoms with E-state index in [1.54, 1.807) is 7.11 Å². The van der Waals surface area contributed by atoms with Gasteiger partial charge in [-0.15, -0.1) is 0 Å². The third-order valence-electron chi connectivity index (χ3n) is 3.95. The largest absolute Gasteiger partial charge is 0.382 e. The lowest BCUT2D eigenvalue weighted by atomic mass is 9.71. The molecule has 1 aliphatic carbocycles. The molecule has 3 unspecified atom stereocenters. The number of hydrogen-bond donors (Lipinski definition) is 1. The molecule has 3 nitrogen and oxygen atoms in total. The lowest BCUT2D eigenvalue weighted by molar-refractivity contribution is -0.0892. The number of rotatable bonds is 7. The van der Waals surface area contributed by atoms with Crippen LogP contribution in [0.5, 0.6) is 0 Å². The summed E-state index contributed by atoms with van der Waals surface area (Å²) in [4.78, 5) is 0. The third-order valence-corrected chi connectivity index (χ3v) is 3.95. The van der Waals surface area contributed by atoms with Gasteiger partial charge in [-0.2, -0.15) is 0 Å². The Morgan fingerprint density at radius 1 is 1.39 bits per heavy atom. The average molecular weight is 257 g/mol. The first-order valence-electron chi connectivity index (χ1n) is 7.39. The molecule has 3 atom stereocenters. The molecule has 0 spiro atoms. The Kier molecular flexibility index (Phi) is 6.61. The van der Waals surface area contributed by atoms with Gasteiger partial charge in [0.15, 0.2) is 0 Å². The molecule has 108 valence electrons. The van der Waals surface area contributed by atoms with Crippen molar-refractivity contribution in [1.82, 2.24) is 5.32 Å². The first-order chi connectivity index (χ1) is 8.51. The van der Waals surface area contributed by atoms with Crippen molar-refractivity contribution in [3.8, 4) is 0 Å². The van der Waals surface area contributed by atoms with Gasteiger partial charge in [-0.05, 0) is 38.1 Å². The van der Waals surface area contributed by atoms with Crippen LogP contribution in [-0.4, -0.2) is 38.5 Å². The van der Waals surface area contributed by atoms with Crippen LogP contribution in [0.4, 0.5) is 0 Å². The van der Waals surface area contributed by atoms with E-state index in [1.165, 1.54) is 25.7 Å². The van der Waals surface area contributed by atoms with Gasteiger partial charge < -0.3 is 14.8 Å². The van der Waals surface area contributed by atoms with Crippen molar-refractivity contribution < 1.29 is 9.47 Å². The highest BCUT2D eigenvalue weighted by Crippen LogP contribution is 2.37. The summed E-state index contributed by atoms with van der Waals surface area (Å²) in [5.41, 5.74) is 0.324. The van der Waals surface area contributed by atoms with Crippen LogP contribution in [-0.2, 0) is 9.47 Å². The highest BCUT2D eigenvalue weighted by molar-refractivity contribution is 4.94. The molecule has 0 bridgehead atoms. The summed E-state index contributed by atoms with van der Waals surface area (Å²) in [6.07, 6.45) is 5.39. The van der Waals surface area contributed by atoms with E-state index >= 15 is 0 Å². The molecule has 1 saturated carbocycles. The summed E-state index contributed by atoms with van der Waals surface area (Å²) in [6, 6.07) is 0.463. The van der Waals surface area contributed by atoms with Crippen LogP contribution in [0, 0.1) is 5.41 Å². The smallest absolute Gasteiger partial charge is 0.0784 e. The minimum absolute atomic E-state index is 0.180. The fourth-order valence-electron chi connectivity index (χ4n) is 3.01. The standard InChI is InChI=1S/C15H31NO2/c1-6-10-16-14-13(18-12(2)11-17-5)8-7-9-15(14,3)4/h12-14,16H,6-11H2,1-5H3. The van der Waals surface area contributed by atoms with Crippen molar-refractivity contribution in [2.75, 3.05) is 20.3 Å². The second-order valence-corrected chi connectivity index (χ2v) is 6.25. The van der Waals surface area contributed by atoms with Gasteiger partial charge in [-0.25, -0.2) is 0 Å². The summed E-state index contributed by atoms with van der Waals surface area (Å²) < 4.78 is 11.4. The van der Waals surface area contributed by atoms with Crippen LogP contribution in [0.25, 0.3) is 0 Å². The molecule has 0 aliphatic heterocycles. The zero-order valence-corrected chi connectivity index (χ0v) is 12.8. The second kappa shape index (κ2) is 7.46. The number of ether oxygens (including phenoxy) is 2. The monoisotopic (exact) mass is 257 g/mol. The lowest BCUT2D eigenvalue weighted by Gasteiger charge is -2.45. The van der Waals surface area contributed by atoms with Gasteiger partial charge in [-0.1, -0.05) is 27.2 Å². The van der Waals surface area contributed by atoms with Gasteiger partial charge in [0, 0.05) is 13.2 Å². The molecular formula is C15H31NO2. The van der Waals surface area contributed by atoms with Crippen molar-refractivity contribution in [2.24, 2.45) is 5.41 Å². The maximum atomic E-state index is 6.19. The Morgan fingerprint density at radius 2 is 2.11 bits per heavy atom. The Morgan fingerprint density at radius 3 is 2.72 bits per heavy atom. The van der Waals surface area contributed by atoms with Gasteiger partial charge in [0.2, 0.25) is 0 Å². The number of nitrogens with one attached hydrogen (secondary N) is 1. The first-order valence-corrected chi connectivity index (χ1v) is 7.39. The van der Waals surface area contributed by atoms with Gasteiger partial charge in [-0.3, -0.25) is 0 Å². The second-order valence-electron chi connectivity index (χ2n) is 6.25. The van der Waals surface area contributed by atoms with Gasteiger partial charge >= 0.3 is 0 Å². The molecule has 1 fully saturated rings. The minimum atomic E-state index is 0.180. The fraction of sp³-hybridized carbons (Fsp3) is 1.00. The van der Waals surface area contributed by atoms with Crippen LogP contribution in [0.2, 0.25) is 0 Å². The van der Waals surface area contributed by atoms with Crippen molar-refractivity contribution in [1.29, 1.82) is 0 Å². The van der Waals surface area contributed by atoms with Crippen LogP contribution in [0.15, 0.2) is 0 Å². The molecule has 0 radical (unpaired) electrons. The zero-order valence-electron chi connectivity index (χ0n) is 12.8. The average Bonchev–Trinajstić information content (AvgIpc) is 2.27. The summed E-state index contributed by atoms with van der Waals surface area (Å²) in [7, 11) is 1.73. The van der Waals surface area contributed by atoms with E-state index in [2.05, 4.69) is 33.0 Å². The molecule has 18 heavy (non-hydrogen) atoms. The maximum absolute atomic E-state index is 6.19. The van der Waals surface area contributed by atoms with Gasteiger partial charge in [0.05, 0.1) is 18.8 Å². The maximum Gasteiger partial charge on any atom is 0.0784 e. The first kappa shape index (κ1) is 15.9. The molecule has 0 aromatic carbocycles. The molecule has 0 saturated heterocycles. The van der Waals surface area contributed by atoms with Crippen LogP contribution < -0.4 is 5.32 Å². The predicted octanol–water partition coefficient (Wildman–Crippen LogP) is 2.98. The third kappa shape index (κ3) is 4.52. The molecule has 3 heteroatoms. The van der Waals surface area contributed by atoms with Crippen LogP contribution in [0.1, 0.15) is 53.4 Å². The van der Waals surface area contributed by atoms with Gasteiger partial charge in [0.1, 0.15) is 0 Å². The van der Waals surface area contributed by atoms with E-state index in [0.29, 0.717) is 24.2 Å². The number of methoxy groups -OCH3 is 1. The molecule has 1 aliphatic rings. The van der Waals surface area contributed by atoms with Gasteiger partial charge in [0.25, 0.3) is 0 Å². The van der Waals surface area contributed by atoms with Crippen molar-refractivity contribution in [2.45, 2.75) is 71.6 Å². The Labute approximate surface area is 113 Å². The molecule has 0 heterocycles. The van der Waals surface area contributed by atoms with Crippen molar-refractivity contribution in [3.63, 3.8) is 0 Å². The van der Waals surface area contributed by atoms with E-state index in [-0.39, 0.29) is 6.10 Å². The van der Waals surface area contributed by atoms with E-state index in [1.807, 2.05) is 0 Å². The van der Waals surface area contributed by atoms with Crippen molar-refractivity contribution in [3.05, 3.63) is 0 Å². The van der Waals surface area contributed by atoms with E-state index in [4.69, 9.17) is 9.47 Å². The molecule has 0 amide bonds. The Balaban J connectivity index is 2.60. The topological polar surface area (TPSA) is 30.5 Å². The molecular weight excluding hydrogens is 226 g/mol. The summed E-state index contributed by atoms with van der Waals surface area (Å²) in [5, 5.41) is 3.69. The SMILES string of the molecule is CCCNC1C(OC(C)COC)CCCC1(C)C. The lowest BCUT2D eigenvalue weighted by Crippen LogP contribution is -2.54. The summed E-state index contributed by atoms with van der Waals surface area (Å²) in [5.74, 6) is 0. The molecule has 0 aromatic rings. The summed E-state index contributed by atoms with van der Waals surface area (Å²) in [6.45, 7) is 10.8. The molecule has 1 N–H and O–H groups in total. The van der Waals surface area contributed by atoms with Crippen LogP contribution >= 0.6 is 0 Å². The normalized spacial score (nSPS) is 29.2. The quantitative estimate of drug-likeness (QED) is 0.760. The highest BCUT2D eigenvalue weighted by atomic mass is 16.5. The Hall–Kier alpha value is -0.120. The van der Waals surface area contributed by atoms with Crippen LogP contribution in [0.3, 0.4) is 0 Å². The molecule has 1 rings (SSSR count). The number of hydrogen-bond acceptors (Lipinski definition) is 3. The van der Waals surface area contributed by atoms with Crippen molar-refractivity contribution >= 4 is 0 Å². The highest BCUT2D eigenvalue weighted by Gasteiger charge is 2.39. The van der Waals surface area contributed by atoms with E-state index in [9.17, 15) is 0 Å². The van der Waals surface area contributed by atoms with E-state index in [0.717, 1.165) is 6.54 Å². The molecule has 0 aromatic heterocycles. The predicted molar refractivity (Wildman–Crippen MR) is 75.9 cm³/mol. The summed E-state index contributed by atoms with van der Waals surface area (Å²) >= 11 is 0. The zero-order chi connectivity index (χ0) is 13.6. The minimum Gasteiger partial charge on any atom is -0.382 e. The Bertz CT molecular complexity index is 231. The van der Waals surface area contributed by atoms with E-state index < -0.39 is 0 Å². The fourth-order valence-corrected chi connectivity index (χ4v) is 3.01.